The van der Waals surface area contributed by atoms with Gasteiger partial charge in [-0.05, 0) is 41.5 Å². The number of nitrogens with one attached hydrogen (secondary N) is 1. The van der Waals surface area contributed by atoms with Crippen LogP contribution in [-0.4, -0.2) is 31.3 Å². The minimum absolute atomic E-state index is 0.00723. The van der Waals surface area contributed by atoms with Gasteiger partial charge in [-0.1, -0.05) is 83.8 Å². The highest BCUT2D eigenvalue weighted by Gasteiger charge is 2.30. The van der Waals surface area contributed by atoms with E-state index in [2.05, 4.69) is 18.1 Å². The lowest BCUT2D eigenvalue weighted by Crippen LogP contribution is -2.13. The van der Waals surface area contributed by atoms with Crippen LogP contribution in [0.1, 0.15) is 43.2 Å². The zero-order chi connectivity index (χ0) is 26.3. The van der Waals surface area contributed by atoms with Crippen LogP contribution >= 0.6 is 46.4 Å². The molecule has 0 radical (unpaired) electrons. The van der Waals surface area contributed by atoms with Gasteiger partial charge in [0.2, 0.25) is 11.6 Å². The van der Waals surface area contributed by atoms with Crippen molar-refractivity contribution in [2.24, 2.45) is 0 Å². The normalized spacial score (nSPS) is 10.9. The Hall–Kier alpha value is -3.42. The van der Waals surface area contributed by atoms with Crippen LogP contribution < -0.4 is 0 Å². The van der Waals surface area contributed by atoms with E-state index in [1.54, 1.807) is 12.1 Å². The highest BCUT2D eigenvalue weighted by molar-refractivity contribution is 6.45. The summed E-state index contributed by atoms with van der Waals surface area (Å²) in [6.45, 7) is 7.26. The van der Waals surface area contributed by atoms with Gasteiger partial charge in [-0.2, -0.15) is 0 Å². The summed E-state index contributed by atoms with van der Waals surface area (Å²) in [5, 5.41) is 20.5. The number of ketones is 2. The van der Waals surface area contributed by atoms with Gasteiger partial charge in [-0.25, -0.2) is 0 Å². The fraction of sp³-hybridized carbons (Fsp3) is 0. The van der Waals surface area contributed by atoms with Crippen molar-refractivity contribution < 1.29 is 19.8 Å². The van der Waals surface area contributed by atoms with Gasteiger partial charge in [0.05, 0.1) is 27.5 Å². The second-order valence-corrected chi connectivity index (χ2v) is 9.12. The number of nitrogens with zero attached hydrogens (tertiary/aromatic N) is 1. The molecule has 0 unspecified atom stereocenters. The van der Waals surface area contributed by atoms with E-state index in [9.17, 15) is 19.8 Å². The largest absolute Gasteiger partial charge is 0.507 e. The topological polar surface area (TPSA) is 95.3 Å². The Bertz CT molecular complexity index is 1470. The molecule has 4 aromatic rings. The van der Waals surface area contributed by atoms with E-state index < -0.39 is 11.6 Å². The van der Waals surface area contributed by atoms with E-state index in [-0.39, 0.29) is 60.1 Å². The van der Waals surface area contributed by atoms with Crippen molar-refractivity contribution in [2.45, 2.75) is 0 Å². The molecule has 182 valence electrons. The van der Waals surface area contributed by atoms with Crippen LogP contribution in [0.2, 0.25) is 20.4 Å². The number of phenols is 2. The maximum atomic E-state index is 13.5. The van der Waals surface area contributed by atoms with E-state index in [0.29, 0.717) is 11.1 Å². The molecule has 4 rings (SSSR count). The van der Waals surface area contributed by atoms with Crippen LogP contribution in [0.5, 0.6) is 11.5 Å². The molecule has 36 heavy (non-hydrogen) atoms. The third-order valence-electron chi connectivity index (χ3n) is 5.46. The fourth-order valence-corrected chi connectivity index (χ4v) is 4.49. The SMILES string of the molecule is C=Cc1ccc(C(=O)c2[nH]c(Cl)c(Cl)c2-n2c(C(=O)c3ccc(C=C)cc3O)cc(Cl)c2Cl)c(O)c1. The molecule has 0 amide bonds. The van der Waals surface area contributed by atoms with Crippen molar-refractivity contribution in [1.82, 2.24) is 9.55 Å². The first kappa shape index (κ1) is 25.7. The number of phenolic OH excluding ortho intramolecular Hbond substituents is 2. The molecule has 2 aromatic heterocycles. The Balaban J connectivity index is 1.92. The van der Waals surface area contributed by atoms with Gasteiger partial charge in [0.25, 0.3) is 0 Å². The zero-order valence-electron chi connectivity index (χ0n) is 18.3. The molecule has 2 aromatic carbocycles. The smallest absolute Gasteiger partial charge is 0.215 e. The van der Waals surface area contributed by atoms with E-state index in [1.807, 2.05) is 0 Å². The first-order valence-electron chi connectivity index (χ1n) is 10.2. The summed E-state index contributed by atoms with van der Waals surface area (Å²) >= 11 is 25.4. The highest BCUT2D eigenvalue weighted by Crippen LogP contribution is 2.40. The number of aromatic amines is 1. The quantitative estimate of drug-likeness (QED) is 0.203. The van der Waals surface area contributed by atoms with Crippen molar-refractivity contribution in [2.75, 3.05) is 0 Å². The van der Waals surface area contributed by atoms with Gasteiger partial charge in [0, 0.05) is 0 Å². The average molecular weight is 562 g/mol. The summed E-state index contributed by atoms with van der Waals surface area (Å²) in [6, 6.07) is 10.1. The number of carbonyl (C=O) groups excluding carboxylic acids is 2. The summed E-state index contributed by atoms with van der Waals surface area (Å²) in [5.74, 6) is -1.92. The average Bonchev–Trinajstić information content (AvgIpc) is 3.32. The molecule has 0 saturated heterocycles. The van der Waals surface area contributed by atoms with Crippen LogP contribution in [0.15, 0.2) is 55.6 Å². The minimum atomic E-state index is -0.676. The number of aromatic hydroxyl groups is 2. The van der Waals surface area contributed by atoms with Crippen LogP contribution in [-0.2, 0) is 0 Å². The summed E-state index contributed by atoms with van der Waals surface area (Å²) in [7, 11) is 0. The number of hydrogen-bond acceptors (Lipinski definition) is 4. The lowest BCUT2D eigenvalue weighted by atomic mass is 10.0. The van der Waals surface area contributed by atoms with Crippen molar-refractivity contribution in [3.63, 3.8) is 0 Å². The summed E-state index contributed by atoms with van der Waals surface area (Å²) in [5.41, 5.74) is 0.799. The molecule has 0 aliphatic carbocycles. The predicted octanol–water partition coefficient (Wildman–Crippen LogP) is 7.58. The van der Waals surface area contributed by atoms with Crippen LogP contribution in [0.3, 0.4) is 0 Å². The number of aromatic nitrogens is 2. The molecule has 0 saturated carbocycles. The second kappa shape index (κ2) is 9.91. The lowest BCUT2D eigenvalue weighted by molar-refractivity contribution is 0.101. The van der Waals surface area contributed by atoms with Gasteiger partial charge in [0.15, 0.2) is 0 Å². The van der Waals surface area contributed by atoms with Crippen LogP contribution in [0.25, 0.3) is 17.8 Å². The van der Waals surface area contributed by atoms with E-state index >= 15 is 0 Å². The Morgan fingerprint density at radius 2 is 1.36 bits per heavy atom. The van der Waals surface area contributed by atoms with Gasteiger partial charge in [-0.15, -0.1) is 0 Å². The molecule has 0 fully saturated rings. The number of halogens is 4. The Kier molecular flexibility index (Phi) is 7.07. The molecule has 2 heterocycles. The van der Waals surface area contributed by atoms with Crippen molar-refractivity contribution in [3.05, 3.63) is 110 Å². The minimum Gasteiger partial charge on any atom is -0.507 e. The van der Waals surface area contributed by atoms with E-state index in [1.165, 1.54) is 47.1 Å². The molecule has 0 spiro atoms. The molecular weight excluding hydrogens is 546 g/mol. The molecule has 10 heteroatoms. The van der Waals surface area contributed by atoms with Crippen molar-refractivity contribution in [3.8, 4) is 17.2 Å². The van der Waals surface area contributed by atoms with E-state index in [0.717, 1.165) is 0 Å². The Labute approximate surface area is 225 Å². The third-order valence-corrected chi connectivity index (χ3v) is 6.96. The number of hydrogen-bond donors (Lipinski definition) is 3. The maximum Gasteiger partial charge on any atom is 0.215 e. The first-order chi connectivity index (χ1) is 17.1. The Morgan fingerprint density at radius 1 is 0.833 bits per heavy atom. The molecule has 0 aliphatic heterocycles. The summed E-state index contributed by atoms with van der Waals surface area (Å²) < 4.78 is 1.17. The van der Waals surface area contributed by atoms with Crippen LogP contribution in [0.4, 0.5) is 0 Å². The molecule has 6 nitrogen and oxygen atoms in total. The number of rotatable bonds is 7. The van der Waals surface area contributed by atoms with Gasteiger partial charge in [-0.3, -0.25) is 14.2 Å². The van der Waals surface area contributed by atoms with Crippen molar-refractivity contribution in [1.29, 1.82) is 0 Å². The molecule has 0 bridgehead atoms. The Morgan fingerprint density at radius 3 is 1.86 bits per heavy atom. The molecule has 0 atom stereocenters. The number of carbonyl (C=O) groups is 2. The fourth-order valence-electron chi connectivity index (χ4n) is 3.66. The summed E-state index contributed by atoms with van der Waals surface area (Å²) in [4.78, 5) is 29.6. The molecule has 3 N–H and O–H groups in total. The van der Waals surface area contributed by atoms with Crippen LogP contribution in [0, 0.1) is 0 Å². The predicted molar refractivity (Wildman–Crippen MR) is 143 cm³/mol. The van der Waals surface area contributed by atoms with Gasteiger partial charge >= 0.3 is 0 Å². The lowest BCUT2D eigenvalue weighted by Gasteiger charge is -2.13. The van der Waals surface area contributed by atoms with Crippen molar-refractivity contribution >= 4 is 70.1 Å². The summed E-state index contributed by atoms with van der Waals surface area (Å²) in [6.07, 6.45) is 3.03. The van der Waals surface area contributed by atoms with E-state index in [4.69, 9.17) is 46.4 Å². The zero-order valence-corrected chi connectivity index (χ0v) is 21.3. The standard InChI is InChI=1S/C26H16Cl4N2O4/c1-3-12-5-7-14(18(33)9-12)23(35)17-11-16(27)26(30)32(17)22-20(28)25(29)31-21(22)24(36)15-8-6-13(4-2)10-19(15)34/h3-11,31,33-34H,1-2H2. The molecular formula is C26H16Cl4N2O4. The third kappa shape index (κ3) is 4.33. The van der Waals surface area contributed by atoms with Gasteiger partial charge in [0.1, 0.15) is 32.5 Å². The number of H-pyrrole nitrogens is 1. The number of benzene rings is 2. The van der Waals surface area contributed by atoms with Gasteiger partial charge < -0.3 is 15.2 Å². The highest BCUT2D eigenvalue weighted by atomic mass is 35.5. The monoisotopic (exact) mass is 560 g/mol. The second-order valence-electron chi connectivity index (χ2n) is 7.60. The first-order valence-corrected chi connectivity index (χ1v) is 11.7. The maximum absolute atomic E-state index is 13.5. The molecule has 0 aliphatic rings.